The van der Waals surface area contributed by atoms with Gasteiger partial charge in [-0.15, -0.1) is 0 Å². The predicted octanol–water partition coefficient (Wildman–Crippen LogP) is 4.05. The molecule has 5 heteroatoms. The molecule has 27 heavy (non-hydrogen) atoms. The maximum atomic E-state index is 12.2. The van der Waals surface area contributed by atoms with Crippen LogP contribution in [0.2, 0.25) is 0 Å². The first-order valence-corrected chi connectivity index (χ1v) is 9.05. The van der Waals surface area contributed by atoms with Crippen molar-refractivity contribution in [2.45, 2.75) is 39.8 Å². The third-order valence-corrected chi connectivity index (χ3v) is 4.22. The van der Waals surface area contributed by atoms with Crippen molar-refractivity contribution in [3.63, 3.8) is 0 Å². The summed E-state index contributed by atoms with van der Waals surface area (Å²) in [6.45, 7) is 7.50. The normalized spacial score (nSPS) is 11.4. The molecule has 144 valence electrons. The van der Waals surface area contributed by atoms with E-state index in [9.17, 15) is 9.59 Å². The Bertz CT molecular complexity index is 831. The van der Waals surface area contributed by atoms with E-state index >= 15 is 0 Å². The number of ether oxygens (including phenoxy) is 2. The van der Waals surface area contributed by atoms with Crippen LogP contribution < -0.4 is 4.74 Å². The van der Waals surface area contributed by atoms with Crippen molar-refractivity contribution in [2.75, 3.05) is 13.7 Å². The van der Waals surface area contributed by atoms with Gasteiger partial charge in [0.05, 0.1) is 7.11 Å². The molecule has 0 aliphatic carbocycles. The molecule has 0 aromatic heterocycles. The first kappa shape index (κ1) is 20.5. The van der Waals surface area contributed by atoms with Crippen molar-refractivity contribution in [3.05, 3.63) is 48.0 Å². The Hall–Kier alpha value is -2.82. The Morgan fingerprint density at radius 3 is 2.26 bits per heavy atom. The first-order chi connectivity index (χ1) is 12.8. The molecule has 0 bridgehead atoms. The molecular weight excluding hydrogens is 342 g/mol. The van der Waals surface area contributed by atoms with Gasteiger partial charge in [-0.3, -0.25) is 4.79 Å². The van der Waals surface area contributed by atoms with Crippen LogP contribution >= 0.6 is 0 Å². The van der Waals surface area contributed by atoms with E-state index < -0.39 is 5.97 Å². The largest absolute Gasteiger partial charge is 0.497 e. The smallest absolute Gasteiger partial charge is 0.331 e. The minimum absolute atomic E-state index is 0.0583. The molecule has 0 aliphatic heterocycles. The molecule has 0 saturated carbocycles. The van der Waals surface area contributed by atoms with Crippen LogP contribution in [0.1, 0.15) is 33.3 Å². The molecule has 0 unspecified atom stereocenters. The van der Waals surface area contributed by atoms with Gasteiger partial charge in [0.2, 0.25) is 0 Å². The van der Waals surface area contributed by atoms with E-state index in [-0.39, 0.29) is 24.6 Å². The van der Waals surface area contributed by atoms with Gasteiger partial charge in [0.25, 0.3) is 5.91 Å². The molecule has 2 aromatic rings. The second kappa shape index (κ2) is 9.21. The maximum Gasteiger partial charge on any atom is 0.331 e. The Morgan fingerprint density at radius 2 is 1.63 bits per heavy atom. The highest BCUT2D eigenvalue weighted by molar-refractivity contribution is 5.91. The lowest BCUT2D eigenvalue weighted by atomic mass is 10.1. The molecular formula is C22H27NO4. The summed E-state index contributed by atoms with van der Waals surface area (Å²) >= 11 is 0. The predicted molar refractivity (Wildman–Crippen MR) is 108 cm³/mol. The van der Waals surface area contributed by atoms with E-state index in [2.05, 4.69) is 0 Å². The summed E-state index contributed by atoms with van der Waals surface area (Å²) in [4.78, 5) is 25.9. The van der Waals surface area contributed by atoms with Crippen molar-refractivity contribution in [1.29, 1.82) is 0 Å². The topological polar surface area (TPSA) is 55.8 Å². The Labute approximate surface area is 160 Å². The fraction of sp³-hybridized carbons (Fsp3) is 0.364. The van der Waals surface area contributed by atoms with Gasteiger partial charge in [-0.05, 0) is 68.3 Å². The summed E-state index contributed by atoms with van der Waals surface area (Å²) in [5, 5.41) is 2.10. The second-order valence-electron chi connectivity index (χ2n) is 6.90. The second-order valence-corrected chi connectivity index (χ2v) is 6.90. The van der Waals surface area contributed by atoms with Crippen LogP contribution in [0.25, 0.3) is 16.8 Å². The summed E-state index contributed by atoms with van der Waals surface area (Å²) in [6, 6.07) is 11.8. The van der Waals surface area contributed by atoms with Crippen LogP contribution in [0, 0.1) is 0 Å². The van der Waals surface area contributed by atoms with Crippen LogP contribution in [-0.2, 0) is 14.3 Å². The number of nitrogens with zero attached hydrogens (tertiary/aromatic N) is 1. The molecule has 0 saturated heterocycles. The van der Waals surface area contributed by atoms with Crippen molar-refractivity contribution >= 4 is 28.7 Å². The summed E-state index contributed by atoms with van der Waals surface area (Å²) in [6.07, 6.45) is 3.02. The number of fused-ring (bicyclic) bond motifs is 1. The van der Waals surface area contributed by atoms with Crippen LogP contribution in [0.4, 0.5) is 0 Å². The highest BCUT2D eigenvalue weighted by Crippen LogP contribution is 2.22. The number of rotatable bonds is 7. The lowest BCUT2D eigenvalue weighted by molar-refractivity contribution is -0.150. The number of benzene rings is 2. The van der Waals surface area contributed by atoms with Crippen LogP contribution in [0.3, 0.4) is 0 Å². The molecule has 0 heterocycles. The zero-order chi connectivity index (χ0) is 20.0. The van der Waals surface area contributed by atoms with E-state index in [0.717, 1.165) is 22.1 Å². The minimum Gasteiger partial charge on any atom is -0.497 e. The maximum absolute atomic E-state index is 12.2. The first-order valence-electron chi connectivity index (χ1n) is 9.05. The summed E-state index contributed by atoms with van der Waals surface area (Å²) in [5.41, 5.74) is 0.877. The highest BCUT2D eigenvalue weighted by Gasteiger charge is 2.20. The zero-order valence-corrected chi connectivity index (χ0v) is 16.6. The molecule has 2 aromatic carbocycles. The lowest BCUT2D eigenvalue weighted by Gasteiger charge is -2.30. The fourth-order valence-electron chi connectivity index (χ4n) is 3.06. The Kier molecular flexibility index (Phi) is 6.99. The van der Waals surface area contributed by atoms with Gasteiger partial charge in [-0.2, -0.15) is 0 Å². The van der Waals surface area contributed by atoms with E-state index in [1.807, 2.05) is 64.1 Å². The van der Waals surface area contributed by atoms with E-state index in [4.69, 9.17) is 9.47 Å². The molecule has 0 aliphatic rings. The van der Waals surface area contributed by atoms with Crippen LogP contribution in [0.5, 0.6) is 5.75 Å². The van der Waals surface area contributed by atoms with Crippen molar-refractivity contribution in [3.8, 4) is 5.75 Å². The van der Waals surface area contributed by atoms with Gasteiger partial charge in [0, 0.05) is 18.2 Å². The van der Waals surface area contributed by atoms with Gasteiger partial charge in [0.15, 0.2) is 6.61 Å². The summed E-state index contributed by atoms with van der Waals surface area (Å²) in [5.74, 6) is 0.0721. The van der Waals surface area contributed by atoms with Gasteiger partial charge < -0.3 is 14.4 Å². The summed E-state index contributed by atoms with van der Waals surface area (Å²) < 4.78 is 10.3. The third-order valence-electron chi connectivity index (χ3n) is 4.22. The van der Waals surface area contributed by atoms with Crippen molar-refractivity contribution in [2.24, 2.45) is 0 Å². The van der Waals surface area contributed by atoms with E-state index in [0.29, 0.717) is 0 Å². The molecule has 1 amide bonds. The lowest BCUT2D eigenvalue weighted by Crippen LogP contribution is -2.44. The van der Waals surface area contributed by atoms with Crippen molar-refractivity contribution < 1.29 is 19.1 Å². The van der Waals surface area contributed by atoms with Gasteiger partial charge in [0.1, 0.15) is 5.75 Å². The number of carbonyl (C=O) groups is 2. The number of carbonyl (C=O) groups excluding carboxylic acids is 2. The van der Waals surface area contributed by atoms with Gasteiger partial charge in [-0.1, -0.05) is 18.2 Å². The third kappa shape index (κ3) is 5.58. The number of methoxy groups -OCH3 is 1. The van der Waals surface area contributed by atoms with Gasteiger partial charge in [-0.25, -0.2) is 4.79 Å². The Morgan fingerprint density at radius 1 is 1.00 bits per heavy atom. The SMILES string of the molecule is COc1ccc2cc(/C=C/C(=O)OCC(=O)N(C(C)C)C(C)C)ccc2c1. The molecule has 0 radical (unpaired) electrons. The van der Waals surface area contributed by atoms with Crippen LogP contribution in [0.15, 0.2) is 42.5 Å². The molecule has 0 spiro atoms. The fourth-order valence-corrected chi connectivity index (χ4v) is 3.06. The molecule has 0 atom stereocenters. The standard InChI is InChI=1S/C22H27NO4/c1-15(2)23(16(3)4)21(24)14-27-22(25)11-7-17-6-8-19-13-20(26-5)10-9-18(19)12-17/h6-13,15-16H,14H2,1-5H3/b11-7+. The van der Waals surface area contributed by atoms with E-state index in [1.165, 1.54) is 6.08 Å². The molecule has 0 N–H and O–H groups in total. The average molecular weight is 369 g/mol. The highest BCUT2D eigenvalue weighted by atomic mass is 16.5. The molecule has 5 nitrogen and oxygen atoms in total. The van der Waals surface area contributed by atoms with Crippen LogP contribution in [-0.4, -0.2) is 42.6 Å². The monoisotopic (exact) mass is 369 g/mol. The van der Waals surface area contributed by atoms with E-state index in [1.54, 1.807) is 18.1 Å². The number of amides is 1. The number of hydrogen-bond acceptors (Lipinski definition) is 4. The average Bonchev–Trinajstić information content (AvgIpc) is 2.63. The van der Waals surface area contributed by atoms with Gasteiger partial charge >= 0.3 is 5.97 Å². The minimum atomic E-state index is -0.536. The molecule has 2 rings (SSSR count). The number of esters is 1. The molecule has 0 fully saturated rings. The van der Waals surface area contributed by atoms with Crippen molar-refractivity contribution in [1.82, 2.24) is 4.90 Å². The quantitative estimate of drug-likeness (QED) is 0.546. The zero-order valence-electron chi connectivity index (χ0n) is 16.6. The summed E-state index contributed by atoms with van der Waals surface area (Å²) in [7, 11) is 1.64. The number of hydrogen-bond donors (Lipinski definition) is 0. The Balaban J connectivity index is 1.98.